The molecule has 0 saturated heterocycles. The molecule has 2 aromatic rings. The summed E-state index contributed by atoms with van der Waals surface area (Å²) < 4.78 is 5.15. The number of pyridine rings is 1. The van der Waals surface area contributed by atoms with Gasteiger partial charge >= 0.3 is 0 Å². The molecule has 90 valence electrons. The maximum atomic E-state index is 12.0. The number of ketones is 1. The quantitative estimate of drug-likeness (QED) is 0.805. The Bertz CT molecular complexity index is 541. The first kappa shape index (κ1) is 12.1. The van der Waals surface area contributed by atoms with Crippen LogP contribution in [0.15, 0.2) is 47.2 Å². The summed E-state index contributed by atoms with van der Waals surface area (Å²) in [6, 6.07) is 10.8. The van der Waals surface area contributed by atoms with E-state index in [4.69, 9.17) is 9.68 Å². The largest absolute Gasteiger partial charge is 0.469 e. The van der Waals surface area contributed by atoms with Crippen molar-refractivity contribution < 1.29 is 9.21 Å². The summed E-state index contributed by atoms with van der Waals surface area (Å²) >= 11 is 0. The van der Waals surface area contributed by atoms with E-state index in [1.165, 1.54) is 0 Å². The highest BCUT2D eigenvalue weighted by atomic mass is 16.3. The van der Waals surface area contributed by atoms with Crippen molar-refractivity contribution in [1.82, 2.24) is 4.98 Å². The molecule has 0 bridgehead atoms. The summed E-state index contributed by atoms with van der Waals surface area (Å²) in [5, 5.41) is 9.07. The van der Waals surface area contributed by atoms with Crippen molar-refractivity contribution in [3.63, 3.8) is 0 Å². The highest BCUT2D eigenvalue weighted by Crippen LogP contribution is 2.16. The molecule has 0 radical (unpaired) electrons. The first-order valence-corrected chi connectivity index (χ1v) is 5.67. The van der Waals surface area contributed by atoms with Crippen LogP contribution < -0.4 is 0 Å². The molecule has 4 heteroatoms. The fourth-order valence-corrected chi connectivity index (χ4v) is 1.70. The average molecular weight is 240 g/mol. The van der Waals surface area contributed by atoms with Crippen molar-refractivity contribution in [2.75, 3.05) is 0 Å². The minimum Gasteiger partial charge on any atom is -0.469 e. The number of aromatic nitrogens is 1. The van der Waals surface area contributed by atoms with E-state index >= 15 is 0 Å². The minimum atomic E-state index is -0.791. The van der Waals surface area contributed by atoms with Crippen LogP contribution in [0.2, 0.25) is 0 Å². The molecular weight excluding hydrogens is 228 g/mol. The highest BCUT2D eigenvalue weighted by Gasteiger charge is 2.20. The summed E-state index contributed by atoms with van der Waals surface area (Å²) in [6.07, 6.45) is 3.94. The van der Waals surface area contributed by atoms with Gasteiger partial charge in [-0.25, -0.2) is 0 Å². The lowest BCUT2D eigenvalue weighted by atomic mass is 9.97. The summed E-state index contributed by atoms with van der Waals surface area (Å²) in [4.78, 5) is 16.0. The molecule has 1 unspecified atom stereocenters. The van der Waals surface area contributed by atoms with Gasteiger partial charge in [-0.3, -0.25) is 9.78 Å². The van der Waals surface area contributed by atoms with E-state index in [9.17, 15) is 4.79 Å². The Labute approximate surface area is 105 Å². The molecule has 2 aromatic heterocycles. The van der Waals surface area contributed by atoms with Gasteiger partial charge in [0.25, 0.3) is 0 Å². The van der Waals surface area contributed by atoms with Crippen molar-refractivity contribution in [1.29, 1.82) is 5.26 Å². The minimum absolute atomic E-state index is 0.132. The third-order valence-electron chi connectivity index (χ3n) is 2.63. The van der Waals surface area contributed by atoms with Gasteiger partial charge in [-0.15, -0.1) is 0 Å². The molecule has 0 spiro atoms. The van der Waals surface area contributed by atoms with Crippen LogP contribution in [0.4, 0.5) is 0 Å². The third-order valence-corrected chi connectivity index (χ3v) is 2.63. The van der Waals surface area contributed by atoms with Crippen LogP contribution in [-0.4, -0.2) is 10.8 Å². The van der Waals surface area contributed by atoms with Gasteiger partial charge in [0.15, 0.2) is 5.78 Å². The van der Waals surface area contributed by atoms with Crippen LogP contribution >= 0.6 is 0 Å². The Morgan fingerprint density at radius 2 is 2.28 bits per heavy atom. The van der Waals surface area contributed by atoms with Crippen molar-refractivity contribution in [3.8, 4) is 6.07 Å². The molecule has 0 saturated carbocycles. The van der Waals surface area contributed by atoms with Crippen LogP contribution in [0.5, 0.6) is 0 Å². The first-order chi connectivity index (χ1) is 8.81. The fraction of sp³-hybridized carbons (Fsp3) is 0.214. The van der Waals surface area contributed by atoms with Crippen molar-refractivity contribution in [2.24, 2.45) is 0 Å². The zero-order valence-electron chi connectivity index (χ0n) is 9.74. The molecular formula is C14H12N2O2. The third kappa shape index (κ3) is 2.83. The predicted molar refractivity (Wildman–Crippen MR) is 64.6 cm³/mol. The predicted octanol–water partition coefficient (Wildman–Crippen LogP) is 2.48. The lowest BCUT2D eigenvalue weighted by Crippen LogP contribution is -2.12. The SMILES string of the molecule is N#CC(C(=O)CCc1ccco1)c1ccccn1. The summed E-state index contributed by atoms with van der Waals surface area (Å²) in [5.74, 6) is -0.171. The topological polar surface area (TPSA) is 66.9 Å². The first-order valence-electron chi connectivity index (χ1n) is 5.67. The van der Waals surface area contributed by atoms with E-state index in [1.807, 2.05) is 12.1 Å². The molecule has 0 N–H and O–H groups in total. The standard InChI is InChI=1S/C14H12N2O2/c15-10-12(13-5-1-2-8-16-13)14(17)7-6-11-4-3-9-18-11/h1-5,8-9,12H,6-7H2. The van der Waals surface area contributed by atoms with Crippen molar-refractivity contribution in [3.05, 3.63) is 54.2 Å². The van der Waals surface area contributed by atoms with Gasteiger partial charge in [0.1, 0.15) is 11.7 Å². The lowest BCUT2D eigenvalue weighted by molar-refractivity contribution is -0.119. The van der Waals surface area contributed by atoms with Crippen LogP contribution in [-0.2, 0) is 11.2 Å². The Morgan fingerprint density at radius 3 is 2.89 bits per heavy atom. The normalized spacial score (nSPS) is 11.7. The number of hydrogen-bond donors (Lipinski definition) is 0. The van der Waals surface area contributed by atoms with Crippen LogP contribution in [0.3, 0.4) is 0 Å². The molecule has 0 amide bonds. The van der Waals surface area contributed by atoms with Crippen LogP contribution in [0.1, 0.15) is 23.8 Å². The van der Waals surface area contributed by atoms with E-state index in [0.717, 1.165) is 5.76 Å². The zero-order chi connectivity index (χ0) is 12.8. The number of Topliss-reactive ketones (excluding diaryl/α,β-unsaturated/α-hetero) is 1. The summed E-state index contributed by atoms with van der Waals surface area (Å²) in [6.45, 7) is 0. The van der Waals surface area contributed by atoms with Crippen molar-refractivity contribution >= 4 is 5.78 Å². The number of nitriles is 1. The number of carbonyl (C=O) groups excluding carboxylic acids is 1. The van der Waals surface area contributed by atoms with E-state index in [2.05, 4.69) is 4.98 Å². The zero-order valence-corrected chi connectivity index (χ0v) is 9.74. The Balaban J connectivity index is 2.01. The molecule has 2 heterocycles. The molecule has 2 rings (SSSR count). The molecule has 18 heavy (non-hydrogen) atoms. The molecule has 1 atom stereocenters. The van der Waals surface area contributed by atoms with E-state index in [1.54, 1.807) is 36.7 Å². The number of rotatable bonds is 5. The lowest BCUT2D eigenvalue weighted by Gasteiger charge is -2.06. The molecule has 0 fully saturated rings. The second-order valence-electron chi connectivity index (χ2n) is 3.86. The molecule has 0 aromatic carbocycles. The Hall–Kier alpha value is -2.41. The number of nitrogens with zero attached hydrogens (tertiary/aromatic N) is 2. The summed E-state index contributed by atoms with van der Waals surface area (Å²) in [5.41, 5.74) is 0.504. The van der Waals surface area contributed by atoms with Gasteiger partial charge in [-0.2, -0.15) is 5.26 Å². The second-order valence-corrected chi connectivity index (χ2v) is 3.86. The van der Waals surface area contributed by atoms with E-state index in [0.29, 0.717) is 12.1 Å². The molecule has 0 aliphatic rings. The smallest absolute Gasteiger partial charge is 0.156 e. The Kier molecular flexibility index (Phi) is 3.87. The van der Waals surface area contributed by atoms with Gasteiger partial charge in [-0.05, 0) is 24.3 Å². The maximum absolute atomic E-state index is 12.0. The molecule has 4 nitrogen and oxygen atoms in total. The number of hydrogen-bond acceptors (Lipinski definition) is 4. The van der Waals surface area contributed by atoms with E-state index < -0.39 is 5.92 Å². The summed E-state index contributed by atoms with van der Waals surface area (Å²) in [7, 11) is 0. The van der Waals surface area contributed by atoms with Crippen molar-refractivity contribution in [2.45, 2.75) is 18.8 Å². The monoisotopic (exact) mass is 240 g/mol. The fourth-order valence-electron chi connectivity index (χ4n) is 1.70. The number of furan rings is 1. The maximum Gasteiger partial charge on any atom is 0.156 e. The second kappa shape index (κ2) is 5.78. The van der Waals surface area contributed by atoms with Crippen LogP contribution in [0.25, 0.3) is 0 Å². The van der Waals surface area contributed by atoms with Gasteiger partial charge < -0.3 is 4.42 Å². The Morgan fingerprint density at radius 1 is 1.39 bits per heavy atom. The van der Waals surface area contributed by atoms with E-state index in [-0.39, 0.29) is 12.2 Å². The number of aryl methyl sites for hydroxylation is 1. The molecule has 0 aliphatic carbocycles. The highest BCUT2D eigenvalue weighted by molar-refractivity contribution is 5.88. The van der Waals surface area contributed by atoms with Gasteiger partial charge in [-0.1, -0.05) is 6.07 Å². The van der Waals surface area contributed by atoms with Gasteiger partial charge in [0, 0.05) is 19.0 Å². The average Bonchev–Trinajstić information content (AvgIpc) is 2.92. The van der Waals surface area contributed by atoms with Gasteiger partial charge in [0.05, 0.1) is 18.0 Å². The molecule has 0 aliphatic heterocycles. The van der Waals surface area contributed by atoms with Crippen LogP contribution in [0, 0.1) is 11.3 Å². The number of carbonyl (C=O) groups is 1. The van der Waals surface area contributed by atoms with Gasteiger partial charge in [0.2, 0.25) is 0 Å².